The fourth-order valence-electron chi connectivity index (χ4n) is 2.63. The molecule has 2 N–H and O–H groups in total. The van der Waals surface area contributed by atoms with E-state index >= 15 is 0 Å². The molecule has 0 saturated carbocycles. The minimum absolute atomic E-state index is 0.259. The molecule has 0 aliphatic carbocycles. The maximum atomic E-state index is 9.60. The van der Waals surface area contributed by atoms with Gasteiger partial charge in [0.1, 0.15) is 0 Å². The average molecular weight is 184 g/mol. The van der Waals surface area contributed by atoms with Crippen molar-refractivity contribution >= 4 is 0 Å². The van der Waals surface area contributed by atoms with Crippen LogP contribution in [0.1, 0.15) is 0 Å². The molecule has 74 valence electrons. The summed E-state index contributed by atoms with van der Waals surface area (Å²) in [7, 11) is 0. The molecule has 0 aromatic heterocycles. The first kappa shape index (κ1) is 8.17. The second-order valence-electron chi connectivity index (χ2n) is 4.68. The fraction of sp³-hybridized carbons (Fsp3) is 1.00. The van der Waals surface area contributed by atoms with E-state index in [0.717, 1.165) is 26.2 Å². The molecule has 3 heterocycles. The van der Waals surface area contributed by atoms with Gasteiger partial charge in [-0.25, -0.2) is 0 Å². The van der Waals surface area contributed by atoms with E-state index in [2.05, 4.69) is 10.2 Å². The molecule has 3 aliphatic heterocycles. The van der Waals surface area contributed by atoms with Crippen LogP contribution in [0.5, 0.6) is 0 Å². The molecule has 0 amide bonds. The van der Waals surface area contributed by atoms with E-state index in [0.29, 0.717) is 18.6 Å². The fourth-order valence-corrected chi connectivity index (χ4v) is 2.63. The van der Waals surface area contributed by atoms with E-state index in [-0.39, 0.29) is 12.1 Å². The van der Waals surface area contributed by atoms with Gasteiger partial charge in [0.05, 0.1) is 25.4 Å². The van der Waals surface area contributed by atoms with Crippen LogP contribution in [0.3, 0.4) is 0 Å². The van der Waals surface area contributed by atoms with Gasteiger partial charge < -0.3 is 15.2 Å². The highest BCUT2D eigenvalue weighted by Gasteiger charge is 2.51. The molecule has 3 aliphatic rings. The van der Waals surface area contributed by atoms with E-state index in [1.807, 2.05) is 0 Å². The van der Waals surface area contributed by atoms with E-state index in [1.54, 1.807) is 0 Å². The van der Waals surface area contributed by atoms with Gasteiger partial charge in [0.25, 0.3) is 0 Å². The Labute approximate surface area is 77.9 Å². The second-order valence-corrected chi connectivity index (χ2v) is 4.68. The van der Waals surface area contributed by atoms with Crippen molar-refractivity contribution in [2.45, 2.75) is 12.1 Å². The lowest BCUT2D eigenvalue weighted by molar-refractivity contribution is -0.0826. The lowest BCUT2D eigenvalue weighted by Crippen LogP contribution is -2.73. The topological polar surface area (TPSA) is 44.7 Å². The highest BCUT2D eigenvalue weighted by atomic mass is 16.5. The molecule has 2 unspecified atom stereocenters. The Kier molecular flexibility index (Phi) is 1.68. The van der Waals surface area contributed by atoms with Crippen LogP contribution in [0.25, 0.3) is 0 Å². The summed E-state index contributed by atoms with van der Waals surface area (Å²) < 4.78 is 5.24. The molecular formula is C9H16N2O2. The summed E-state index contributed by atoms with van der Waals surface area (Å²) in [5.41, 5.74) is 0.558. The first-order chi connectivity index (χ1) is 6.29. The maximum Gasteiger partial charge on any atom is 0.0950 e. The predicted molar refractivity (Wildman–Crippen MR) is 47.5 cm³/mol. The number of hydrogen-bond acceptors (Lipinski definition) is 4. The Morgan fingerprint density at radius 1 is 1.31 bits per heavy atom. The minimum atomic E-state index is -0.259. The molecule has 1 spiro atoms. The predicted octanol–water partition coefficient (Wildman–Crippen LogP) is -1.35. The van der Waals surface area contributed by atoms with Gasteiger partial charge in [-0.05, 0) is 0 Å². The molecule has 13 heavy (non-hydrogen) atoms. The third-order valence-corrected chi connectivity index (χ3v) is 3.57. The smallest absolute Gasteiger partial charge is 0.0950 e. The van der Waals surface area contributed by atoms with Crippen molar-refractivity contribution in [3.05, 3.63) is 0 Å². The lowest BCUT2D eigenvalue weighted by atomic mass is 9.73. The van der Waals surface area contributed by atoms with Crippen molar-refractivity contribution in [2.24, 2.45) is 5.41 Å². The lowest BCUT2D eigenvalue weighted by Gasteiger charge is -2.58. The summed E-state index contributed by atoms with van der Waals surface area (Å²) in [6, 6.07) is 0.270. The van der Waals surface area contributed by atoms with E-state index in [4.69, 9.17) is 4.74 Å². The summed E-state index contributed by atoms with van der Waals surface area (Å²) in [6.45, 7) is 5.84. The van der Waals surface area contributed by atoms with Crippen molar-refractivity contribution in [1.29, 1.82) is 0 Å². The molecule has 0 aromatic carbocycles. The number of nitrogens with zero attached hydrogens (tertiary/aromatic N) is 1. The van der Waals surface area contributed by atoms with Gasteiger partial charge in [-0.2, -0.15) is 0 Å². The third kappa shape index (κ3) is 1.13. The number of aliphatic hydroxyl groups excluding tert-OH is 1. The highest BCUT2D eigenvalue weighted by molar-refractivity contribution is 5.06. The van der Waals surface area contributed by atoms with Gasteiger partial charge >= 0.3 is 0 Å². The van der Waals surface area contributed by atoms with Gasteiger partial charge in [0.2, 0.25) is 0 Å². The summed E-state index contributed by atoms with van der Waals surface area (Å²) in [4.78, 5) is 2.36. The van der Waals surface area contributed by atoms with Crippen molar-refractivity contribution in [2.75, 3.05) is 39.4 Å². The first-order valence-corrected chi connectivity index (χ1v) is 5.00. The van der Waals surface area contributed by atoms with Gasteiger partial charge in [-0.3, -0.25) is 4.90 Å². The first-order valence-electron chi connectivity index (χ1n) is 5.00. The van der Waals surface area contributed by atoms with Crippen molar-refractivity contribution in [1.82, 2.24) is 10.2 Å². The second kappa shape index (κ2) is 2.67. The Bertz CT molecular complexity index is 210. The van der Waals surface area contributed by atoms with Crippen molar-refractivity contribution < 1.29 is 9.84 Å². The molecule has 4 nitrogen and oxygen atoms in total. The maximum absolute atomic E-state index is 9.60. The summed E-state index contributed by atoms with van der Waals surface area (Å²) in [6.07, 6.45) is -0.259. The standard InChI is InChI=1S/C9H16N2O2/c12-8-2-13-1-7(8)11-5-9(6-11)3-10-4-9/h7-8,10,12H,1-6H2. The van der Waals surface area contributed by atoms with Crippen LogP contribution in [0.4, 0.5) is 0 Å². The van der Waals surface area contributed by atoms with Gasteiger partial charge in [-0.1, -0.05) is 0 Å². The summed E-state index contributed by atoms with van der Waals surface area (Å²) >= 11 is 0. The van der Waals surface area contributed by atoms with Crippen LogP contribution in [0.2, 0.25) is 0 Å². The van der Waals surface area contributed by atoms with Crippen molar-refractivity contribution in [3.63, 3.8) is 0 Å². The Morgan fingerprint density at radius 3 is 2.54 bits per heavy atom. The van der Waals surface area contributed by atoms with Crippen LogP contribution in [-0.2, 0) is 4.74 Å². The van der Waals surface area contributed by atoms with Crippen LogP contribution in [0.15, 0.2) is 0 Å². The number of ether oxygens (including phenoxy) is 1. The van der Waals surface area contributed by atoms with Crippen LogP contribution >= 0.6 is 0 Å². The van der Waals surface area contributed by atoms with Crippen LogP contribution < -0.4 is 5.32 Å². The molecule has 4 heteroatoms. The van der Waals surface area contributed by atoms with Gasteiger partial charge in [0, 0.05) is 31.6 Å². The molecule has 3 rings (SSSR count). The normalized spacial score (nSPS) is 43.2. The molecule has 3 fully saturated rings. The molecule has 0 aromatic rings. The SMILES string of the molecule is OC1COCC1N1CC2(CNC2)C1. The molecule has 0 bridgehead atoms. The molecule has 0 radical (unpaired) electrons. The largest absolute Gasteiger partial charge is 0.389 e. The Hall–Kier alpha value is -0.160. The van der Waals surface area contributed by atoms with Crippen molar-refractivity contribution in [3.8, 4) is 0 Å². The van der Waals surface area contributed by atoms with E-state index in [1.165, 1.54) is 0 Å². The number of rotatable bonds is 1. The average Bonchev–Trinajstić information content (AvgIpc) is 2.30. The molecule has 3 saturated heterocycles. The number of aliphatic hydroxyl groups is 1. The Balaban J connectivity index is 1.57. The van der Waals surface area contributed by atoms with E-state index in [9.17, 15) is 5.11 Å². The highest BCUT2D eigenvalue weighted by Crippen LogP contribution is 2.36. The zero-order valence-corrected chi connectivity index (χ0v) is 7.70. The summed E-state index contributed by atoms with van der Waals surface area (Å²) in [5.74, 6) is 0. The third-order valence-electron chi connectivity index (χ3n) is 3.57. The monoisotopic (exact) mass is 184 g/mol. The van der Waals surface area contributed by atoms with Gasteiger partial charge in [0.15, 0.2) is 0 Å². The summed E-state index contributed by atoms with van der Waals surface area (Å²) in [5, 5.41) is 12.9. The zero-order valence-electron chi connectivity index (χ0n) is 7.70. The minimum Gasteiger partial charge on any atom is -0.389 e. The number of hydrogen-bond donors (Lipinski definition) is 2. The molecule has 2 atom stereocenters. The van der Waals surface area contributed by atoms with E-state index < -0.39 is 0 Å². The molecular weight excluding hydrogens is 168 g/mol. The van der Waals surface area contributed by atoms with Crippen LogP contribution in [0, 0.1) is 5.41 Å². The zero-order chi connectivity index (χ0) is 8.89. The van der Waals surface area contributed by atoms with Gasteiger partial charge in [-0.15, -0.1) is 0 Å². The quantitative estimate of drug-likeness (QED) is 0.529. The van der Waals surface area contributed by atoms with Crippen LogP contribution in [-0.4, -0.2) is 61.5 Å². The number of likely N-dealkylation sites (tertiary alicyclic amines) is 1. The Morgan fingerprint density at radius 2 is 2.08 bits per heavy atom. The number of nitrogens with one attached hydrogen (secondary N) is 1.